The van der Waals surface area contributed by atoms with E-state index in [4.69, 9.17) is 22.4 Å². The Kier molecular flexibility index (Phi) is 22.3. The van der Waals surface area contributed by atoms with Crippen LogP contribution in [0.5, 0.6) is 0 Å². The van der Waals surface area contributed by atoms with Gasteiger partial charge in [-0.2, -0.15) is 0 Å². The first-order chi connectivity index (χ1) is 32.2. The zero-order chi connectivity index (χ0) is 48.8. The Labute approximate surface area is 416 Å². The molecule has 1 amide bonds. The van der Waals surface area contributed by atoms with E-state index >= 15 is 0 Å². The lowest BCUT2D eigenvalue weighted by Gasteiger charge is -2.45. The van der Waals surface area contributed by atoms with Crippen molar-refractivity contribution in [1.82, 2.24) is 14.7 Å². The molecule has 2 saturated heterocycles. The molecule has 0 bridgehead atoms. The van der Waals surface area contributed by atoms with Gasteiger partial charge < -0.3 is 37.1 Å². The second kappa shape index (κ2) is 26.2. The molecule has 2 heterocycles. The molecule has 386 valence electrons. The summed E-state index contributed by atoms with van der Waals surface area (Å²) in [5.41, 5.74) is 1.80. The van der Waals surface area contributed by atoms with Crippen LogP contribution in [0.3, 0.4) is 0 Å². The lowest BCUT2D eigenvalue weighted by Crippen LogP contribution is -2.54. The van der Waals surface area contributed by atoms with Crippen LogP contribution in [0.2, 0.25) is 72.5 Å². The first-order valence-electron chi connectivity index (χ1n) is 28.3. The van der Waals surface area contributed by atoms with Crippen LogP contribution >= 0.6 is 0 Å². The van der Waals surface area contributed by atoms with Gasteiger partial charge in [0.15, 0.2) is 33.3 Å². The molecule has 9 nitrogen and oxygen atoms in total. The van der Waals surface area contributed by atoms with E-state index in [-0.39, 0.29) is 24.9 Å². The Hall–Kier alpha value is -0.882. The fraction of sp³-hybridized carbons (Fsp3) is 0.870. The number of hydrogen-bond acceptors (Lipinski definition) is 8. The number of ether oxygens (including phenoxy) is 1. The molecule has 2 spiro atoms. The summed E-state index contributed by atoms with van der Waals surface area (Å²) in [5.74, 6) is 0. The Morgan fingerprint density at radius 1 is 0.552 bits per heavy atom. The Balaban J connectivity index is 1.41. The number of likely N-dealkylation sites (tertiary alicyclic amines) is 2. The molecule has 4 fully saturated rings. The van der Waals surface area contributed by atoms with Gasteiger partial charge in [-0.05, 0) is 153 Å². The molecule has 2 aliphatic carbocycles. The Morgan fingerprint density at radius 3 is 1.24 bits per heavy atom. The monoisotopic (exact) mass is 1000 g/mol. The van der Waals surface area contributed by atoms with Crippen LogP contribution in [-0.2, 0) is 29.0 Å². The molecule has 67 heavy (non-hydrogen) atoms. The van der Waals surface area contributed by atoms with E-state index in [0.717, 1.165) is 93.9 Å². The Bertz CT molecular complexity index is 1460. The van der Waals surface area contributed by atoms with Crippen LogP contribution in [0.25, 0.3) is 0 Å². The van der Waals surface area contributed by atoms with E-state index in [2.05, 4.69) is 92.9 Å². The predicted molar refractivity (Wildman–Crippen MR) is 291 cm³/mol. The van der Waals surface area contributed by atoms with Crippen LogP contribution < -0.4 is 0 Å². The van der Waals surface area contributed by atoms with Gasteiger partial charge in [0.1, 0.15) is 6.61 Å². The topological polar surface area (TPSA) is 72.9 Å². The van der Waals surface area contributed by atoms with Gasteiger partial charge in [-0.3, -0.25) is 0 Å². The predicted octanol–water partition coefficient (Wildman–Crippen LogP) is 13.9. The highest BCUT2D eigenvalue weighted by Crippen LogP contribution is 2.57. The van der Waals surface area contributed by atoms with Crippen molar-refractivity contribution in [3.05, 3.63) is 35.9 Å². The summed E-state index contributed by atoms with van der Waals surface area (Å²) in [6.07, 6.45) is 9.84. The summed E-state index contributed by atoms with van der Waals surface area (Å²) < 4.78 is 36.1. The smallest absolute Gasteiger partial charge is 0.410 e. The minimum Gasteiger partial charge on any atom is -0.445 e. The first kappa shape index (κ1) is 57.0. The quantitative estimate of drug-likeness (QED) is 0.0661. The summed E-state index contributed by atoms with van der Waals surface area (Å²) in [6.45, 7) is 35.7. The SMILES string of the molecule is CC[Si](CC)(CC)O[C@H](CCN1CCC2(CC2)[C@H](O[Si](CC)(CC)CC)C1)CN(C[C@@H](CCN1CCC2(CC2)[C@H](O[Si](CC)(CC)CC)C1)O[Si](CC)(CC)CC)C(=O)OCc1ccccc1. The number of rotatable bonds is 32. The number of piperidine rings is 2. The van der Waals surface area contributed by atoms with Crippen LogP contribution in [0.15, 0.2) is 30.3 Å². The van der Waals surface area contributed by atoms with Crippen molar-refractivity contribution < 1.29 is 27.2 Å². The third-order valence-corrected chi connectivity index (χ3v) is 37.7. The van der Waals surface area contributed by atoms with Crippen molar-refractivity contribution in [2.24, 2.45) is 10.8 Å². The van der Waals surface area contributed by atoms with E-state index in [1.165, 1.54) is 74.8 Å². The van der Waals surface area contributed by atoms with Crippen LogP contribution in [0.1, 0.15) is 140 Å². The first-order valence-corrected chi connectivity index (χ1v) is 38.5. The highest BCUT2D eigenvalue weighted by molar-refractivity contribution is 6.74. The van der Waals surface area contributed by atoms with Crippen molar-refractivity contribution in [2.75, 3.05) is 52.4 Å². The fourth-order valence-electron chi connectivity index (χ4n) is 12.2. The van der Waals surface area contributed by atoms with Crippen molar-refractivity contribution in [3.8, 4) is 0 Å². The van der Waals surface area contributed by atoms with Gasteiger partial charge >= 0.3 is 6.09 Å². The van der Waals surface area contributed by atoms with Crippen LogP contribution in [0, 0.1) is 10.8 Å². The number of nitrogens with zero attached hydrogens (tertiary/aromatic N) is 3. The summed E-state index contributed by atoms with van der Waals surface area (Å²) in [6, 6.07) is 23.9. The molecule has 4 aliphatic rings. The molecule has 0 N–H and O–H groups in total. The minimum absolute atomic E-state index is 0.0802. The molecular weight excluding hydrogens is 899 g/mol. The maximum atomic E-state index is 14.8. The number of hydrogen-bond donors (Lipinski definition) is 0. The molecule has 2 saturated carbocycles. The van der Waals surface area contributed by atoms with Gasteiger partial charge in [-0.1, -0.05) is 113 Å². The fourth-order valence-corrected chi connectivity index (χ4v) is 23.8. The lowest BCUT2D eigenvalue weighted by atomic mass is 9.90. The molecule has 13 heteroatoms. The molecule has 4 atom stereocenters. The molecule has 0 radical (unpaired) electrons. The van der Waals surface area contributed by atoms with Gasteiger partial charge in [0.2, 0.25) is 0 Å². The highest BCUT2D eigenvalue weighted by Gasteiger charge is 2.55. The minimum atomic E-state index is -2.04. The van der Waals surface area contributed by atoms with Crippen molar-refractivity contribution in [2.45, 2.75) is 238 Å². The molecule has 0 unspecified atom stereocenters. The maximum Gasteiger partial charge on any atom is 0.410 e. The van der Waals surface area contributed by atoms with E-state index in [9.17, 15) is 4.79 Å². The largest absolute Gasteiger partial charge is 0.445 e. The van der Waals surface area contributed by atoms with Gasteiger partial charge in [-0.15, -0.1) is 0 Å². The van der Waals surface area contributed by atoms with Crippen molar-refractivity contribution >= 4 is 39.4 Å². The molecule has 2 aliphatic heterocycles. The van der Waals surface area contributed by atoms with Gasteiger partial charge in [-0.25, -0.2) is 4.79 Å². The second-order valence-electron chi connectivity index (χ2n) is 22.0. The van der Waals surface area contributed by atoms with E-state index in [1.54, 1.807) is 0 Å². The third kappa shape index (κ3) is 14.9. The zero-order valence-corrected chi connectivity index (χ0v) is 49.5. The molecule has 5 rings (SSSR count). The zero-order valence-electron chi connectivity index (χ0n) is 45.5. The standard InChI is InChI=1S/C54H103N3O6Si4/c1-13-64(14-2,15-3)60-48(30-38-55-40-36-53(32-33-53)50(44-55)62-66(19-7,20-8)21-9)42-57(52(58)59-46-47-28-26-25-27-29-47)43-49(61-65(16-4,17-5)18-6)31-39-56-41-37-54(34-35-54)51(45-56)63-67(22-10,23-11)24-12/h25-29,48-51H,13-24,30-46H2,1-12H3/t48-,49-,50-,51-/m1/s1. The normalized spacial score (nSPS) is 22.0. The van der Waals surface area contributed by atoms with Crippen molar-refractivity contribution in [3.63, 3.8) is 0 Å². The number of benzene rings is 1. The van der Waals surface area contributed by atoms with E-state index in [0.29, 0.717) is 36.1 Å². The third-order valence-electron chi connectivity index (χ3n) is 19.0. The van der Waals surface area contributed by atoms with Gasteiger partial charge in [0.25, 0.3) is 0 Å². The molecular formula is C54H103N3O6Si4. The molecule has 0 aromatic heterocycles. The number of carbonyl (C=O) groups excluding carboxylic acids is 1. The summed E-state index contributed by atoms with van der Waals surface area (Å²) in [7, 11) is -7.57. The van der Waals surface area contributed by atoms with E-state index < -0.39 is 33.3 Å². The molecule has 1 aromatic rings. The summed E-state index contributed by atoms with van der Waals surface area (Å²) in [4.78, 5) is 22.2. The summed E-state index contributed by atoms with van der Waals surface area (Å²) >= 11 is 0. The lowest BCUT2D eigenvalue weighted by molar-refractivity contribution is 0.00585. The summed E-state index contributed by atoms with van der Waals surface area (Å²) in [5, 5.41) is 0. The average Bonchev–Trinajstić information content (AvgIpc) is 4.33. The second-order valence-corrected chi connectivity index (χ2v) is 40.9. The van der Waals surface area contributed by atoms with Gasteiger partial charge in [0, 0.05) is 39.3 Å². The highest BCUT2D eigenvalue weighted by atomic mass is 28.4. The Morgan fingerprint density at radius 2 is 0.910 bits per heavy atom. The van der Waals surface area contributed by atoms with E-state index in [1.807, 2.05) is 35.2 Å². The number of amides is 1. The van der Waals surface area contributed by atoms with Crippen molar-refractivity contribution in [1.29, 1.82) is 0 Å². The maximum absolute atomic E-state index is 14.8. The number of carbonyl (C=O) groups is 1. The van der Waals surface area contributed by atoms with Crippen LogP contribution in [-0.4, -0.2) is 131 Å². The van der Waals surface area contributed by atoms with Gasteiger partial charge in [0.05, 0.1) is 24.4 Å². The van der Waals surface area contributed by atoms with Crippen LogP contribution in [0.4, 0.5) is 4.79 Å². The average molecular weight is 1000 g/mol. The molecule has 1 aromatic carbocycles.